The average molecular weight is 286 g/mol. The topological polar surface area (TPSA) is 80.4 Å². The molecule has 1 fully saturated rings. The lowest BCUT2D eigenvalue weighted by Crippen LogP contribution is -2.47. The van der Waals surface area contributed by atoms with Crippen molar-refractivity contribution < 1.29 is 4.74 Å². The van der Waals surface area contributed by atoms with Crippen LogP contribution in [0.5, 0.6) is 5.88 Å². The molecule has 7 nitrogen and oxygen atoms in total. The number of ether oxygens (including phenoxy) is 1. The van der Waals surface area contributed by atoms with Gasteiger partial charge in [-0.15, -0.1) is 0 Å². The molecule has 1 saturated heterocycles. The number of rotatable bonds is 3. The molecule has 110 valence electrons. The minimum Gasteiger partial charge on any atom is -0.481 e. The van der Waals surface area contributed by atoms with Crippen LogP contribution in [0.4, 0.5) is 17.5 Å². The molecule has 2 aromatic heterocycles. The average Bonchev–Trinajstić information content (AvgIpc) is 2.56. The Balaban J connectivity index is 1.65. The van der Waals surface area contributed by atoms with Gasteiger partial charge < -0.3 is 20.3 Å². The van der Waals surface area contributed by atoms with Crippen LogP contribution in [0.15, 0.2) is 30.6 Å². The lowest BCUT2D eigenvalue weighted by Gasteiger charge is -2.35. The molecule has 2 N–H and O–H groups in total. The molecular weight excluding hydrogens is 268 g/mol. The van der Waals surface area contributed by atoms with Crippen molar-refractivity contribution in [1.82, 2.24) is 15.0 Å². The summed E-state index contributed by atoms with van der Waals surface area (Å²) in [5.41, 5.74) is 6.35. The Morgan fingerprint density at radius 3 is 2.48 bits per heavy atom. The van der Waals surface area contributed by atoms with E-state index in [1.54, 1.807) is 25.6 Å². The van der Waals surface area contributed by atoms with E-state index in [1.807, 2.05) is 12.1 Å². The summed E-state index contributed by atoms with van der Waals surface area (Å²) in [6.45, 7) is 3.44. The number of nitrogens with zero attached hydrogens (tertiary/aromatic N) is 5. The van der Waals surface area contributed by atoms with E-state index in [0.717, 1.165) is 32.0 Å². The van der Waals surface area contributed by atoms with Crippen LogP contribution < -0.4 is 20.3 Å². The highest BCUT2D eigenvalue weighted by atomic mass is 16.5. The third kappa shape index (κ3) is 2.96. The number of piperazine rings is 1. The summed E-state index contributed by atoms with van der Waals surface area (Å²) in [5.74, 6) is 2.25. The second-order valence-corrected chi connectivity index (χ2v) is 4.82. The maximum absolute atomic E-state index is 5.66. The fourth-order valence-corrected chi connectivity index (χ4v) is 2.32. The van der Waals surface area contributed by atoms with Gasteiger partial charge in [0.15, 0.2) is 0 Å². The van der Waals surface area contributed by atoms with Gasteiger partial charge in [-0.3, -0.25) is 0 Å². The molecule has 3 heterocycles. The van der Waals surface area contributed by atoms with Gasteiger partial charge in [0.1, 0.15) is 5.82 Å². The molecule has 0 unspecified atom stereocenters. The normalized spacial score (nSPS) is 15.1. The van der Waals surface area contributed by atoms with Gasteiger partial charge in [-0.2, -0.15) is 4.98 Å². The molecule has 0 aromatic carbocycles. The standard InChI is InChI=1S/C14H18N6O/c1-21-13-4-5-16-14(18-13)20-8-6-19(7-9-20)12-3-2-11(15)10-17-12/h2-5,10H,6-9,15H2,1H3. The molecule has 1 aliphatic rings. The quantitative estimate of drug-likeness (QED) is 0.893. The monoisotopic (exact) mass is 286 g/mol. The van der Waals surface area contributed by atoms with Gasteiger partial charge in [0.2, 0.25) is 11.8 Å². The Bertz CT molecular complexity index is 595. The summed E-state index contributed by atoms with van der Waals surface area (Å²) in [6.07, 6.45) is 3.40. The van der Waals surface area contributed by atoms with E-state index in [4.69, 9.17) is 10.5 Å². The Morgan fingerprint density at radius 1 is 1.05 bits per heavy atom. The van der Waals surface area contributed by atoms with Crippen LogP contribution in [0.2, 0.25) is 0 Å². The molecule has 0 atom stereocenters. The second-order valence-electron chi connectivity index (χ2n) is 4.82. The van der Waals surface area contributed by atoms with Crippen molar-refractivity contribution >= 4 is 17.5 Å². The first-order valence-corrected chi connectivity index (χ1v) is 6.85. The zero-order valence-electron chi connectivity index (χ0n) is 11.9. The van der Waals surface area contributed by atoms with E-state index in [0.29, 0.717) is 17.5 Å². The van der Waals surface area contributed by atoms with Crippen molar-refractivity contribution in [2.24, 2.45) is 0 Å². The van der Waals surface area contributed by atoms with Crippen molar-refractivity contribution in [3.8, 4) is 5.88 Å². The Kier molecular flexibility index (Phi) is 3.72. The molecule has 0 radical (unpaired) electrons. The number of hydrogen-bond donors (Lipinski definition) is 1. The number of pyridine rings is 1. The van der Waals surface area contributed by atoms with Gasteiger partial charge in [-0.05, 0) is 12.1 Å². The molecule has 2 aromatic rings. The first kappa shape index (κ1) is 13.4. The zero-order chi connectivity index (χ0) is 14.7. The summed E-state index contributed by atoms with van der Waals surface area (Å²) in [7, 11) is 1.61. The Hall–Kier alpha value is -2.57. The summed E-state index contributed by atoms with van der Waals surface area (Å²) in [5, 5.41) is 0. The van der Waals surface area contributed by atoms with Gasteiger partial charge in [0.25, 0.3) is 0 Å². The summed E-state index contributed by atoms with van der Waals surface area (Å²) >= 11 is 0. The van der Waals surface area contributed by atoms with E-state index in [9.17, 15) is 0 Å². The third-order valence-electron chi connectivity index (χ3n) is 3.48. The van der Waals surface area contributed by atoms with E-state index >= 15 is 0 Å². The lowest BCUT2D eigenvalue weighted by atomic mass is 10.3. The molecule has 0 amide bonds. The van der Waals surface area contributed by atoms with Crippen LogP contribution in [-0.4, -0.2) is 48.2 Å². The van der Waals surface area contributed by atoms with Crippen LogP contribution in [0.3, 0.4) is 0 Å². The number of nitrogen functional groups attached to an aromatic ring is 1. The predicted octanol–water partition coefficient (Wildman–Crippen LogP) is 0.789. The smallest absolute Gasteiger partial charge is 0.228 e. The van der Waals surface area contributed by atoms with Crippen molar-refractivity contribution in [1.29, 1.82) is 0 Å². The van der Waals surface area contributed by atoms with Crippen LogP contribution in [0.25, 0.3) is 0 Å². The lowest BCUT2D eigenvalue weighted by molar-refractivity contribution is 0.396. The summed E-state index contributed by atoms with van der Waals surface area (Å²) in [6, 6.07) is 5.57. The first-order valence-electron chi connectivity index (χ1n) is 6.85. The second kappa shape index (κ2) is 5.82. The fraction of sp³-hybridized carbons (Fsp3) is 0.357. The molecule has 21 heavy (non-hydrogen) atoms. The minimum atomic E-state index is 0.586. The van der Waals surface area contributed by atoms with Gasteiger partial charge >= 0.3 is 0 Å². The van der Waals surface area contributed by atoms with Gasteiger partial charge in [0, 0.05) is 38.4 Å². The summed E-state index contributed by atoms with van der Waals surface area (Å²) in [4.78, 5) is 17.4. The van der Waals surface area contributed by atoms with Crippen molar-refractivity contribution in [3.63, 3.8) is 0 Å². The molecule has 0 saturated carbocycles. The van der Waals surface area contributed by atoms with E-state index in [-0.39, 0.29) is 0 Å². The number of aromatic nitrogens is 3. The first-order chi connectivity index (χ1) is 10.3. The highest BCUT2D eigenvalue weighted by Crippen LogP contribution is 2.18. The molecule has 0 spiro atoms. The van der Waals surface area contributed by atoms with E-state index in [1.165, 1.54) is 0 Å². The van der Waals surface area contributed by atoms with Crippen LogP contribution in [0.1, 0.15) is 0 Å². The van der Waals surface area contributed by atoms with Crippen LogP contribution in [0, 0.1) is 0 Å². The molecular formula is C14H18N6O. The number of anilines is 3. The predicted molar refractivity (Wildman–Crippen MR) is 81.7 cm³/mol. The van der Waals surface area contributed by atoms with Gasteiger partial charge in [0.05, 0.1) is 19.0 Å². The largest absolute Gasteiger partial charge is 0.481 e. The summed E-state index contributed by atoms with van der Waals surface area (Å²) < 4.78 is 5.14. The molecule has 1 aliphatic heterocycles. The van der Waals surface area contributed by atoms with E-state index < -0.39 is 0 Å². The number of methoxy groups -OCH3 is 1. The van der Waals surface area contributed by atoms with Gasteiger partial charge in [-0.25, -0.2) is 9.97 Å². The van der Waals surface area contributed by atoms with Crippen molar-refractivity contribution in [2.75, 3.05) is 48.8 Å². The number of hydrogen-bond acceptors (Lipinski definition) is 7. The maximum atomic E-state index is 5.66. The van der Waals surface area contributed by atoms with Crippen molar-refractivity contribution in [2.45, 2.75) is 0 Å². The molecule has 0 bridgehead atoms. The maximum Gasteiger partial charge on any atom is 0.228 e. The van der Waals surface area contributed by atoms with Crippen LogP contribution in [-0.2, 0) is 0 Å². The van der Waals surface area contributed by atoms with Crippen molar-refractivity contribution in [3.05, 3.63) is 30.6 Å². The highest BCUT2D eigenvalue weighted by Gasteiger charge is 2.20. The third-order valence-corrected chi connectivity index (χ3v) is 3.48. The Morgan fingerprint density at radius 2 is 1.81 bits per heavy atom. The van der Waals surface area contributed by atoms with Gasteiger partial charge in [-0.1, -0.05) is 0 Å². The van der Waals surface area contributed by atoms with Crippen LogP contribution >= 0.6 is 0 Å². The molecule has 7 heteroatoms. The minimum absolute atomic E-state index is 0.586. The zero-order valence-corrected chi connectivity index (χ0v) is 11.9. The highest BCUT2D eigenvalue weighted by molar-refractivity contribution is 5.47. The Labute approximate surface area is 123 Å². The van der Waals surface area contributed by atoms with E-state index in [2.05, 4.69) is 24.8 Å². The SMILES string of the molecule is COc1ccnc(N2CCN(c3ccc(N)cn3)CC2)n1. The molecule has 3 rings (SSSR count). The molecule has 0 aliphatic carbocycles. The number of nitrogens with two attached hydrogens (primary N) is 1. The fourth-order valence-electron chi connectivity index (χ4n) is 2.32.